The first-order valence-electron chi connectivity index (χ1n) is 6.22. The fraction of sp³-hybridized carbons (Fsp3) is 0.133. The number of pyridine rings is 1. The second-order valence-electron chi connectivity index (χ2n) is 4.33. The van der Waals surface area contributed by atoms with E-state index in [-0.39, 0.29) is 12.4 Å². The summed E-state index contributed by atoms with van der Waals surface area (Å²) in [4.78, 5) is 3.97. The quantitative estimate of drug-likeness (QED) is 0.673. The highest BCUT2D eigenvalue weighted by molar-refractivity contribution is 6.30. The number of aromatic hydroxyl groups is 1. The van der Waals surface area contributed by atoms with Gasteiger partial charge in [0.25, 0.3) is 0 Å². The molecule has 0 fully saturated rings. The summed E-state index contributed by atoms with van der Waals surface area (Å²) in [5.74, 6) is -0.00741. The van der Waals surface area contributed by atoms with E-state index >= 15 is 0 Å². The SMILES string of the molecule is Cc1ncc(CO)c(/C=N\N=C/c2ccc(Cl)cc2)c1O. The highest BCUT2D eigenvalue weighted by atomic mass is 35.5. The molecule has 1 aromatic heterocycles. The van der Waals surface area contributed by atoms with Gasteiger partial charge in [0.2, 0.25) is 0 Å². The average molecular weight is 304 g/mol. The monoisotopic (exact) mass is 303 g/mol. The van der Waals surface area contributed by atoms with Gasteiger partial charge in [-0.3, -0.25) is 4.98 Å². The van der Waals surface area contributed by atoms with E-state index in [0.717, 1.165) is 5.56 Å². The minimum absolute atomic E-state index is 0.00741. The Balaban J connectivity index is 2.18. The maximum absolute atomic E-state index is 9.92. The van der Waals surface area contributed by atoms with Gasteiger partial charge >= 0.3 is 0 Å². The van der Waals surface area contributed by atoms with E-state index in [1.807, 2.05) is 12.1 Å². The zero-order valence-electron chi connectivity index (χ0n) is 11.4. The van der Waals surface area contributed by atoms with Crippen LogP contribution in [0.4, 0.5) is 0 Å². The number of halogens is 1. The van der Waals surface area contributed by atoms with Crippen molar-refractivity contribution >= 4 is 24.0 Å². The summed E-state index contributed by atoms with van der Waals surface area (Å²) < 4.78 is 0. The van der Waals surface area contributed by atoms with Crippen molar-refractivity contribution in [2.45, 2.75) is 13.5 Å². The highest BCUT2D eigenvalue weighted by Crippen LogP contribution is 2.21. The lowest BCUT2D eigenvalue weighted by atomic mass is 10.1. The normalized spacial score (nSPS) is 11.6. The van der Waals surface area contributed by atoms with E-state index in [1.54, 1.807) is 25.3 Å². The first-order chi connectivity index (χ1) is 10.1. The average Bonchev–Trinajstić information content (AvgIpc) is 2.49. The molecule has 0 amide bonds. The summed E-state index contributed by atoms with van der Waals surface area (Å²) in [6.07, 6.45) is 4.46. The van der Waals surface area contributed by atoms with Crippen LogP contribution in [0.3, 0.4) is 0 Å². The second kappa shape index (κ2) is 6.97. The van der Waals surface area contributed by atoms with Crippen LogP contribution < -0.4 is 0 Å². The predicted octanol–water partition coefficient (Wildman–Crippen LogP) is 2.69. The molecule has 0 saturated carbocycles. The Bertz CT molecular complexity index is 682. The number of benzene rings is 1. The van der Waals surface area contributed by atoms with E-state index in [4.69, 9.17) is 11.6 Å². The third-order valence-electron chi connectivity index (χ3n) is 2.86. The summed E-state index contributed by atoms with van der Waals surface area (Å²) in [6.45, 7) is 1.44. The molecular weight excluding hydrogens is 290 g/mol. The number of aliphatic hydroxyl groups is 1. The van der Waals surface area contributed by atoms with Crippen molar-refractivity contribution in [3.8, 4) is 5.75 Å². The number of hydrogen-bond donors (Lipinski definition) is 2. The number of nitrogens with zero attached hydrogens (tertiary/aromatic N) is 3. The summed E-state index contributed by atoms with van der Waals surface area (Å²) in [6, 6.07) is 7.15. The maximum atomic E-state index is 9.92. The van der Waals surface area contributed by atoms with Gasteiger partial charge < -0.3 is 10.2 Å². The van der Waals surface area contributed by atoms with Crippen LogP contribution in [-0.2, 0) is 6.61 Å². The molecule has 0 saturated heterocycles. The molecule has 5 nitrogen and oxygen atoms in total. The first kappa shape index (κ1) is 15.2. The largest absolute Gasteiger partial charge is 0.505 e. The lowest BCUT2D eigenvalue weighted by Crippen LogP contribution is -1.97. The molecule has 21 heavy (non-hydrogen) atoms. The molecule has 2 N–H and O–H groups in total. The molecule has 1 aromatic carbocycles. The van der Waals surface area contributed by atoms with Crippen LogP contribution in [-0.4, -0.2) is 27.6 Å². The van der Waals surface area contributed by atoms with Crippen LogP contribution in [0.15, 0.2) is 40.7 Å². The molecule has 0 bridgehead atoms. The zero-order chi connectivity index (χ0) is 15.2. The van der Waals surface area contributed by atoms with Crippen molar-refractivity contribution in [2.24, 2.45) is 10.2 Å². The van der Waals surface area contributed by atoms with Gasteiger partial charge in [-0.15, -0.1) is 0 Å². The molecule has 2 aromatic rings. The standard InChI is InChI=1S/C15H14ClN3O2/c1-10-15(21)14(12(9-20)7-17-10)8-19-18-6-11-2-4-13(16)5-3-11/h2-8,20-21H,9H2,1H3/b18-6-,19-8-. The number of aliphatic hydroxyl groups excluding tert-OH is 1. The number of rotatable bonds is 4. The van der Waals surface area contributed by atoms with E-state index < -0.39 is 0 Å². The van der Waals surface area contributed by atoms with Crippen molar-refractivity contribution in [1.29, 1.82) is 0 Å². The molecule has 1 heterocycles. The van der Waals surface area contributed by atoms with Crippen molar-refractivity contribution in [2.75, 3.05) is 0 Å². The smallest absolute Gasteiger partial charge is 0.145 e. The Morgan fingerprint density at radius 1 is 1.19 bits per heavy atom. The van der Waals surface area contributed by atoms with E-state index in [0.29, 0.717) is 21.8 Å². The lowest BCUT2D eigenvalue weighted by Gasteiger charge is -2.06. The summed E-state index contributed by atoms with van der Waals surface area (Å²) >= 11 is 5.79. The Morgan fingerprint density at radius 3 is 2.52 bits per heavy atom. The van der Waals surface area contributed by atoms with Crippen LogP contribution in [0, 0.1) is 6.92 Å². The first-order valence-corrected chi connectivity index (χ1v) is 6.60. The fourth-order valence-electron chi connectivity index (χ4n) is 1.66. The minimum atomic E-state index is -0.233. The van der Waals surface area contributed by atoms with Gasteiger partial charge in [0.05, 0.1) is 24.7 Å². The van der Waals surface area contributed by atoms with E-state index in [2.05, 4.69) is 15.2 Å². The van der Waals surface area contributed by atoms with Gasteiger partial charge in [-0.25, -0.2) is 0 Å². The van der Waals surface area contributed by atoms with Crippen molar-refractivity contribution < 1.29 is 10.2 Å². The summed E-state index contributed by atoms with van der Waals surface area (Å²) in [7, 11) is 0. The molecule has 0 aliphatic heterocycles. The second-order valence-corrected chi connectivity index (χ2v) is 4.77. The Hall–Kier alpha value is -2.24. The minimum Gasteiger partial charge on any atom is -0.505 e. The van der Waals surface area contributed by atoms with Crippen LogP contribution in [0.5, 0.6) is 5.75 Å². The van der Waals surface area contributed by atoms with Crippen LogP contribution in [0.2, 0.25) is 5.02 Å². The van der Waals surface area contributed by atoms with E-state index in [9.17, 15) is 10.2 Å². The van der Waals surface area contributed by atoms with Crippen LogP contribution >= 0.6 is 11.6 Å². The number of aryl methyl sites for hydroxylation is 1. The van der Waals surface area contributed by atoms with Gasteiger partial charge in [0.15, 0.2) is 0 Å². The predicted molar refractivity (Wildman–Crippen MR) is 83.2 cm³/mol. The fourth-order valence-corrected chi connectivity index (χ4v) is 1.79. The van der Waals surface area contributed by atoms with Gasteiger partial charge in [0.1, 0.15) is 5.75 Å². The van der Waals surface area contributed by atoms with Gasteiger partial charge in [0, 0.05) is 22.3 Å². The molecule has 0 aliphatic rings. The molecule has 2 rings (SSSR count). The lowest BCUT2D eigenvalue weighted by molar-refractivity contribution is 0.280. The topological polar surface area (TPSA) is 78.1 Å². The number of hydrogen-bond acceptors (Lipinski definition) is 5. The Labute approximate surface area is 127 Å². The summed E-state index contributed by atoms with van der Waals surface area (Å²) in [5.41, 5.74) is 2.23. The van der Waals surface area contributed by atoms with Crippen LogP contribution in [0.25, 0.3) is 0 Å². The molecule has 0 aliphatic carbocycles. The maximum Gasteiger partial charge on any atom is 0.145 e. The number of aromatic nitrogens is 1. The van der Waals surface area contributed by atoms with Crippen molar-refractivity contribution in [3.63, 3.8) is 0 Å². The third kappa shape index (κ3) is 3.87. The molecule has 0 spiro atoms. The molecule has 6 heteroatoms. The van der Waals surface area contributed by atoms with Gasteiger partial charge in [-0.1, -0.05) is 23.7 Å². The molecule has 0 atom stereocenters. The molecule has 0 radical (unpaired) electrons. The third-order valence-corrected chi connectivity index (χ3v) is 3.11. The van der Waals surface area contributed by atoms with E-state index in [1.165, 1.54) is 12.4 Å². The zero-order valence-corrected chi connectivity index (χ0v) is 12.1. The van der Waals surface area contributed by atoms with Gasteiger partial charge in [-0.05, 0) is 24.6 Å². The Morgan fingerprint density at radius 2 is 1.86 bits per heavy atom. The molecule has 0 unspecified atom stereocenters. The van der Waals surface area contributed by atoms with Crippen molar-refractivity contribution in [3.05, 3.63) is 57.9 Å². The molecular formula is C15H14ClN3O2. The van der Waals surface area contributed by atoms with Crippen LogP contribution in [0.1, 0.15) is 22.4 Å². The van der Waals surface area contributed by atoms with Crippen molar-refractivity contribution in [1.82, 2.24) is 4.98 Å². The molecule has 108 valence electrons. The Kier molecular flexibility index (Phi) is 5.03. The highest BCUT2D eigenvalue weighted by Gasteiger charge is 2.08. The van der Waals surface area contributed by atoms with Gasteiger partial charge in [-0.2, -0.15) is 10.2 Å². The summed E-state index contributed by atoms with van der Waals surface area (Å²) in [5, 5.41) is 27.6.